The van der Waals surface area contributed by atoms with Crippen molar-refractivity contribution in [1.82, 2.24) is 10.2 Å². The number of carbonyl (C=O) groups excluding carboxylic acids is 1. The lowest BCUT2D eigenvalue weighted by Gasteiger charge is -2.23. The van der Waals surface area contributed by atoms with Crippen LogP contribution in [-0.2, 0) is 0 Å². The van der Waals surface area contributed by atoms with E-state index in [0.29, 0.717) is 17.3 Å². The average Bonchev–Trinajstić information content (AvgIpc) is 2.72. The Kier molecular flexibility index (Phi) is 8.84. The first-order chi connectivity index (χ1) is 15.0. The second kappa shape index (κ2) is 11.3. The summed E-state index contributed by atoms with van der Waals surface area (Å²) >= 11 is 0. The highest BCUT2D eigenvalue weighted by atomic mass is 16.6. The van der Waals surface area contributed by atoms with Crippen LogP contribution < -0.4 is 20.3 Å². The third-order valence-electron chi connectivity index (χ3n) is 4.74. The summed E-state index contributed by atoms with van der Waals surface area (Å²) in [6.07, 6.45) is 0.991. The lowest BCUT2D eigenvalue weighted by Crippen LogP contribution is -2.31. The van der Waals surface area contributed by atoms with Crippen LogP contribution in [0.1, 0.15) is 20.8 Å². The van der Waals surface area contributed by atoms with Gasteiger partial charge in [0, 0.05) is 48.7 Å². The Labute approximate surface area is 191 Å². The summed E-state index contributed by atoms with van der Waals surface area (Å²) in [5.74, 6) is 0.818. The van der Waals surface area contributed by atoms with Crippen molar-refractivity contribution in [3.63, 3.8) is 0 Å². The first-order valence-electron chi connectivity index (χ1n) is 10.6. The number of likely N-dealkylation sites (N-methyl/N-ethyl adjacent to an activating group) is 2. The minimum Gasteiger partial charge on any atom is -0.410 e. The van der Waals surface area contributed by atoms with E-state index in [4.69, 9.17) is 10.1 Å². The third-order valence-corrected chi connectivity index (χ3v) is 4.74. The molecular formula is C25H35N5O2. The number of benzene rings is 2. The van der Waals surface area contributed by atoms with E-state index in [2.05, 4.69) is 20.4 Å². The van der Waals surface area contributed by atoms with E-state index < -0.39 is 6.09 Å². The highest BCUT2D eigenvalue weighted by Crippen LogP contribution is 2.21. The molecule has 2 aromatic rings. The van der Waals surface area contributed by atoms with Crippen LogP contribution in [0.3, 0.4) is 0 Å². The molecule has 172 valence electrons. The molecule has 0 saturated carbocycles. The Hall–Kier alpha value is -3.32. The van der Waals surface area contributed by atoms with Crippen molar-refractivity contribution in [2.75, 3.05) is 44.4 Å². The summed E-state index contributed by atoms with van der Waals surface area (Å²) < 4.78 is 5.35. The van der Waals surface area contributed by atoms with E-state index in [1.807, 2.05) is 72.2 Å². The number of carbonyl (C=O) groups is 1. The maximum atomic E-state index is 12.5. The summed E-state index contributed by atoms with van der Waals surface area (Å²) in [5, 5.41) is 14.3. The predicted octanol–water partition coefficient (Wildman–Crippen LogP) is 4.79. The SMILES string of the molecule is CN(C)CCN(C)c1cccc(N/C(=C\C(=N)C(C)(C)C)NC(=O)Oc2ccccc2)c1. The topological polar surface area (TPSA) is 80.7 Å². The third kappa shape index (κ3) is 8.43. The molecule has 0 aliphatic heterocycles. The Morgan fingerprint density at radius 1 is 1.03 bits per heavy atom. The number of hydrogen-bond donors (Lipinski definition) is 3. The van der Waals surface area contributed by atoms with Crippen molar-refractivity contribution in [3.8, 4) is 5.75 Å². The van der Waals surface area contributed by atoms with E-state index in [-0.39, 0.29) is 5.41 Å². The molecule has 32 heavy (non-hydrogen) atoms. The fraction of sp³-hybridized carbons (Fsp3) is 0.360. The predicted molar refractivity (Wildman–Crippen MR) is 133 cm³/mol. The van der Waals surface area contributed by atoms with Gasteiger partial charge in [-0.15, -0.1) is 0 Å². The Bertz CT molecular complexity index is 933. The number of ether oxygens (including phenoxy) is 1. The van der Waals surface area contributed by atoms with Crippen molar-refractivity contribution in [2.45, 2.75) is 20.8 Å². The highest BCUT2D eigenvalue weighted by Gasteiger charge is 2.17. The first-order valence-corrected chi connectivity index (χ1v) is 10.6. The molecule has 0 aromatic heterocycles. The van der Waals surface area contributed by atoms with Gasteiger partial charge in [-0.05, 0) is 44.4 Å². The maximum Gasteiger partial charge on any atom is 0.418 e. The van der Waals surface area contributed by atoms with E-state index in [9.17, 15) is 4.79 Å². The van der Waals surface area contributed by atoms with E-state index in [1.165, 1.54) is 0 Å². The molecule has 0 radical (unpaired) electrons. The number of nitrogens with one attached hydrogen (secondary N) is 3. The van der Waals surface area contributed by atoms with Crippen LogP contribution in [0.15, 0.2) is 66.5 Å². The number of para-hydroxylation sites is 1. The Morgan fingerprint density at radius 3 is 2.34 bits per heavy atom. The van der Waals surface area contributed by atoms with Gasteiger partial charge < -0.3 is 25.3 Å². The lowest BCUT2D eigenvalue weighted by molar-refractivity contribution is 0.203. The number of allylic oxidation sites excluding steroid dienone is 1. The van der Waals surface area contributed by atoms with Gasteiger partial charge in [0.25, 0.3) is 0 Å². The molecule has 0 aliphatic rings. The monoisotopic (exact) mass is 437 g/mol. The fourth-order valence-electron chi connectivity index (χ4n) is 2.65. The van der Waals surface area contributed by atoms with E-state index in [0.717, 1.165) is 24.5 Å². The highest BCUT2D eigenvalue weighted by molar-refractivity contribution is 5.97. The van der Waals surface area contributed by atoms with Crippen LogP contribution in [-0.4, -0.2) is 50.9 Å². The summed E-state index contributed by atoms with van der Waals surface area (Å²) in [6, 6.07) is 16.8. The van der Waals surface area contributed by atoms with Crippen LogP contribution in [0.5, 0.6) is 5.75 Å². The van der Waals surface area contributed by atoms with Crippen LogP contribution >= 0.6 is 0 Å². The number of nitrogens with zero attached hydrogens (tertiary/aromatic N) is 2. The molecule has 0 aliphatic carbocycles. The molecule has 7 nitrogen and oxygen atoms in total. The Morgan fingerprint density at radius 2 is 1.72 bits per heavy atom. The summed E-state index contributed by atoms with van der Waals surface area (Å²) in [5.41, 5.74) is 1.85. The summed E-state index contributed by atoms with van der Waals surface area (Å²) in [7, 11) is 6.14. The average molecular weight is 438 g/mol. The maximum absolute atomic E-state index is 12.5. The Balaban J connectivity index is 2.19. The number of anilines is 2. The van der Waals surface area contributed by atoms with Gasteiger partial charge in [-0.25, -0.2) is 4.79 Å². The number of hydrogen-bond acceptors (Lipinski definition) is 6. The van der Waals surface area contributed by atoms with Crippen LogP contribution in [0, 0.1) is 10.8 Å². The molecule has 7 heteroatoms. The van der Waals surface area contributed by atoms with E-state index >= 15 is 0 Å². The molecule has 0 heterocycles. The van der Waals surface area contributed by atoms with Crippen molar-refractivity contribution >= 4 is 23.2 Å². The van der Waals surface area contributed by atoms with Gasteiger partial charge in [-0.1, -0.05) is 45.0 Å². The van der Waals surface area contributed by atoms with Crippen molar-refractivity contribution < 1.29 is 9.53 Å². The van der Waals surface area contributed by atoms with Gasteiger partial charge in [0.2, 0.25) is 0 Å². The first kappa shape index (κ1) is 24.9. The van der Waals surface area contributed by atoms with Gasteiger partial charge in [-0.2, -0.15) is 0 Å². The van der Waals surface area contributed by atoms with Crippen molar-refractivity contribution in [3.05, 3.63) is 66.5 Å². The fourth-order valence-corrected chi connectivity index (χ4v) is 2.65. The number of amides is 1. The zero-order valence-electron chi connectivity index (χ0n) is 19.9. The normalized spacial score (nSPS) is 11.8. The zero-order valence-corrected chi connectivity index (χ0v) is 19.9. The molecule has 1 amide bonds. The number of rotatable bonds is 9. The quantitative estimate of drug-likeness (QED) is 0.492. The summed E-state index contributed by atoms with van der Waals surface area (Å²) in [6.45, 7) is 7.68. The van der Waals surface area contributed by atoms with Gasteiger partial charge in [0.15, 0.2) is 0 Å². The van der Waals surface area contributed by atoms with E-state index in [1.54, 1.807) is 30.3 Å². The molecule has 0 spiro atoms. The summed E-state index contributed by atoms with van der Waals surface area (Å²) in [4.78, 5) is 16.8. The van der Waals surface area contributed by atoms with Gasteiger partial charge in [-0.3, -0.25) is 5.32 Å². The standard InChI is InChI=1S/C25H35N5O2/c1-25(2,3)22(26)18-23(28-24(31)32-21-13-8-7-9-14-21)27-19-11-10-12-20(17-19)30(6)16-15-29(4)5/h7-14,17-18,26-27H,15-16H2,1-6H3,(H,28,31)/b23-18+,26-22?. The van der Waals surface area contributed by atoms with Gasteiger partial charge in [0.05, 0.1) is 0 Å². The second-order valence-electron chi connectivity index (χ2n) is 8.95. The van der Waals surface area contributed by atoms with Crippen LogP contribution in [0.2, 0.25) is 0 Å². The van der Waals surface area contributed by atoms with Crippen molar-refractivity contribution in [2.24, 2.45) is 5.41 Å². The molecule has 0 atom stereocenters. The van der Waals surface area contributed by atoms with Crippen LogP contribution in [0.25, 0.3) is 0 Å². The smallest absolute Gasteiger partial charge is 0.410 e. The molecule has 0 saturated heterocycles. The molecule has 2 aromatic carbocycles. The van der Waals surface area contributed by atoms with Gasteiger partial charge in [0.1, 0.15) is 11.6 Å². The zero-order chi connectivity index (χ0) is 23.7. The van der Waals surface area contributed by atoms with Crippen LogP contribution in [0.4, 0.5) is 16.2 Å². The molecule has 2 rings (SSSR count). The minimum absolute atomic E-state index is 0.369. The lowest BCUT2D eigenvalue weighted by atomic mass is 9.90. The van der Waals surface area contributed by atoms with Crippen molar-refractivity contribution in [1.29, 1.82) is 5.41 Å². The largest absolute Gasteiger partial charge is 0.418 e. The second-order valence-corrected chi connectivity index (χ2v) is 8.95. The molecule has 0 bridgehead atoms. The minimum atomic E-state index is -0.629. The molecule has 3 N–H and O–H groups in total. The molecule has 0 unspecified atom stereocenters. The molecular weight excluding hydrogens is 402 g/mol. The molecule has 0 fully saturated rings. The van der Waals surface area contributed by atoms with Gasteiger partial charge >= 0.3 is 6.09 Å².